The molecule has 0 aromatic heterocycles. The molecule has 0 spiro atoms. The Hall–Kier alpha value is -1.03. The molecule has 4 heteroatoms. The van der Waals surface area contributed by atoms with Gasteiger partial charge in [-0.2, -0.15) is 13.2 Å². The van der Waals surface area contributed by atoms with E-state index in [4.69, 9.17) is 0 Å². The first-order valence-electron chi connectivity index (χ1n) is 5.77. The highest BCUT2D eigenvalue weighted by Crippen LogP contribution is 2.23. The average Bonchev–Trinajstić information content (AvgIpc) is 2.19. The Balaban J connectivity index is 2.70. The first kappa shape index (κ1) is 14.0. The molecule has 0 aliphatic heterocycles. The molecule has 0 aliphatic rings. The van der Waals surface area contributed by atoms with E-state index in [0.717, 1.165) is 11.1 Å². The second kappa shape index (κ2) is 6.05. The molecule has 1 unspecified atom stereocenters. The van der Waals surface area contributed by atoms with Gasteiger partial charge in [0.15, 0.2) is 0 Å². The van der Waals surface area contributed by atoms with Crippen molar-refractivity contribution >= 4 is 0 Å². The highest BCUT2D eigenvalue weighted by atomic mass is 19.4. The Bertz CT molecular complexity index is 347. The van der Waals surface area contributed by atoms with Gasteiger partial charge in [-0.3, -0.25) is 0 Å². The molecule has 1 atom stereocenters. The molecule has 1 rings (SSSR count). The van der Waals surface area contributed by atoms with Crippen molar-refractivity contribution in [3.05, 3.63) is 35.4 Å². The van der Waals surface area contributed by atoms with E-state index in [1.54, 1.807) is 0 Å². The van der Waals surface area contributed by atoms with E-state index in [-0.39, 0.29) is 0 Å². The summed E-state index contributed by atoms with van der Waals surface area (Å²) in [6.45, 7) is 4.29. The summed E-state index contributed by atoms with van der Waals surface area (Å²) in [6, 6.07) is 7.02. The van der Waals surface area contributed by atoms with Crippen LogP contribution < -0.4 is 5.32 Å². The zero-order valence-corrected chi connectivity index (χ0v) is 10.1. The third-order valence-electron chi connectivity index (χ3n) is 2.70. The monoisotopic (exact) mass is 245 g/mol. The van der Waals surface area contributed by atoms with E-state index >= 15 is 0 Å². The Morgan fingerprint density at radius 1 is 1.24 bits per heavy atom. The van der Waals surface area contributed by atoms with Crippen molar-refractivity contribution in [1.82, 2.24) is 5.32 Å². The molecule has 0 saturated carbocycles. The quantitative estimate of drug-likeness (QED) is 0.837. The molecule has 0 amide bonds. The first-order valence-corrected chi connectivity index (χ1v) is 5.77. The van der Waals surface area contributed by atoms with Crippen LogP contribution in [0.15, 0.2) is 24.3 Å². The maximum Gasteiger partial charge on any atom is 0.390 e. The lowest BCUT2D eigenvalue weighted by molar-refractivity contribution is -0.139. The van der Waals surface area contributed by atoms with Gasteiger partial charge in [-0.05, 0) is 31.0 Å². The van der Waals surface area contributed by atoms with Crippen LogP contribution in [-0.2, 0) is 6.42 Å². The summed E-state index contributed by atoms with van der Waals surface area (Å²) in [4.78, 5) is 0. The molecule has 0 heterocycles. The Kier molecular flexibility index (Phi) is 5.00. The maximum atomic E-state index is 12.4. The third-order valence-corrected chi connectivity index (χ3v) is 2.70. The molecule has 17 heavy (non-hydrogen) atoms. The molecular formula is C13H18F3N. The van der Waals surface area contributed by atoms with Gasteiger partial charge >= 0.3 is 6.18 Å². The van der Waals surface area contributed by atoms with Crippen LogP contribution in [0.5, 0.6) is 0 Å². The number of halogens is 3. The van der Waals surface area contributed by atoms with Gasteiger partial charge in [-0.25, -0.2) is 0 Å². The van der Waals surface area contributed by atoms with Gasteiger partial charge < -0.3 is 5.32 Å². The minimum Gasteiger partial charge on any atom is -0.314 e. The van der Waals surface area contributed by atoms with Crippen LogP contribution in [-0.4, -0.2) is 18.8 Å². The number of hydrogen-bond acceptors (Lipinski definition) is 1. The molecule has 1 aromatic rings. The number of rotatable bonds is 5. The summed E-state index contributed by atoms with van der Waals surface area (Å²) in [6.07, 6.45) is -4.48. The molecule has 1 N–H and O–H groups in total. The van der Waals surface area contributed by atoms with E-state index in [1.165, 1.54) is 0 Å². The standard InChI is InChI=1S/C13H18F3N/c1-3-17-12(9-13(14,15)16)8-11-7-5-4-6-10(11)2/h4-7,12,17H,3,8-9H2,1-2H3. The van der Waals surface area contributed by atoms with Gasteiger partial charge in [-0.1, -0.05) is 31.2 Å². The normalized spacial score (nSPS) is 13.7. The summed E-state index contributed by atoms with van der Waals surface area (Å²) in [5, 5.41) is 2.89. The molecule has 0 aliphatic carbocycles. The fourth-order valence-corrected chi connectivity index (χ4v) is 1.89. The number of likely N-dealkylation sites (N-methyl/N-ethyl adjacent to an activating group) is 1. The van der Waals surface area contributed by atoms with Crippen molar-refractivity contribution in [2.45, 2.75) is 38.9 Å². The SMILES string of the molecule is CCNC(Cc1ccccc1C)CC(F)(F)F. The number of aryl methyl sites for hydroxylation is 1. The van der Waals surface area contributed by atoms with Crippen molar-refractivity contribution in [2.75, 3.05) is 6.54 Å². The van der Waals surface area contributed by atoms with E-state index in [0.29, 0.717) is 13.0 Å². The number of nitrogens with one attached hydrogen (secondary N) is 1. The first-order chi connectivity index (χ1) is 7.92. The molecule has 0 bridgehead atoms. The molecular weight excluding hydrogens is 227 g/mol. The molecule has 1 aromatic carbocycles. The van der Waals surface area contributed by atoms with Gasteiger partial charge in [0.25, 0.3) is 0 Å². The van der Waals surface area contributed by atoms with Crippen LogP contribution in [0.4, 0.5) is 13.2 Å². The van der Waals surface area contributed by atoms with Crippen molar-refractivity contribution in [3.63, 3.8) is 0 Å². The van der Waals surface area contributed by atoms with E-state index < -0.39 is 18.6 Å². The van der Waals surface area contributed by atoms with Crippen LogP contribution >= 0.6 is 0 Å². The second-order valence-corrected chi connectivity index (χ2v) is 4.20. The zero-order chi connectivity index (χ0) is 12.9. The minimum atomic E-state index is -4.12. The summed E-state index contributed by atoms with van der Waals surface area (Å²) in [5.41, 5.74) is 2.01. The summed E-state index contributed by atoms with van der Waals surface area (Å²) < 4.78 is 37.2. The van der Waals surface area contributed by atoms with Gasteiger partial charge in [0.05, 0.1) is 6.42 Å². The fraction of sp³-hybridized carbons (Fsp3) is 0.538. The molecule has 1 nitrogen and oxygen atoms in total. The van der Waals surface area contributed by atoms with Gasteiger partial charge in [-0.15, -0.1) is 0 Å². The second-order valence-electron chi connectivity index (χ2n) is 4.20. The molecule has 96 valence electrons. The van der Waals surface area contributed by atoms with E-state index in [1.807, 2.05) is 38.1 Å². The summed E-state index contributed by atoms with van der Waals surface area (Å²) >= 11 is 0. The lowest BCUT2D eigenvalue weighted by Crippen LogP contribution is -2.35. The van der Waals surface area contributed by atoms with Crippen molar-refractivity contribution in [3.8, 4) is 0 Å². The maximum absolute atomic E-state index is 12.4. The summed E-state index contributed by atoms with van der Waals surface area (Å²) in [7, 11) is 0. The predicted octanol–water partition coefficient (Wildman–Crippen LogP) is 3.47. The molecule has 0 radical (unpaired) electrons. The Morgan fingerprint density at radius 2 is 1.88 bits per heavy atom. The van der Waals surface area contributed by atoms with Crippen LogP contribution in [0, 0.1) is 6.92 Å². The van der Waals surface area contributed by atoms with Gasteiger partial charge in [0.1, 0.15) is 0 Å². The minimum absolute atomic E-state index is 0.417. The van der Waals surface area contributed by atoms with Crippen LogP contribution in [0.25, 0.3) is 0 Å². The summed E-state index contributed by atoms with van der Waals surface area (Å²) in [5.74, 6) is 0. The van der Waals surface area contributed by atoms with E-state index in [2.05, 4.69) is 5.32 Å². The van der Waals surface area contributed by atoms with Crippen LogP contribution in [0.3, 0.4) is 0 Å². The average molecular weight is 245 g/mol. The topological polar surface area (TPSA) is 12.0 Å². The lowest BCUT2D eigenvalue weighted by atomic mass is 9.99. The Morgan fingerprint density at radius 3 is 2.41 bits per heavy atom. The largest absolute Gasteiger partial charge is 0.390 e. The van der Waals surface area contributed by atoms with Crippen molar-refractivity contribution < 1.29 is 13.2 Å². The molecule has 0 saturated heterocycles. The number of hydrogen-bond donors (Lipinski definition) is 1. The smallest absolute Gasteiger partial charge is 0.314 e. The highest BCUT2D eigenvalue weighted by Gasteiger charge is 2.31. The van der Waals surface area contributed by atoms with E-state index in [9.17, 15) is 13.2 Å². The number of alkyl halides is 3. The molecule has 0 fully saturated rings. The van der Waals surface area contributed by atoms with Gasteiger partial charge in [0.2, 0.25) is 0 Å². The van der Waals surface area contributed by atoms with Crippen molar-refractivity contribution in [2.24, 2.45) is 0 Å². The Labute approximate surface area is 100 Å². The van der Waals surface area contributed by atoms with Crippen molar-refractivity contribution in [1.29, 1.82) is 0 Å². The highest BCUT2D eigenvalue weighted by molar-refractivity contribution is 5.26. The van der Waals surface area contributed by atoms with Crippen LogP contribution in [0.2, 0.25) is 0 Å². The fourth-order valence-electron chi connectivity index (χ4n) is 1.89. The lowest BCUT2D eigenvalue weighted by Gasteiger charge is -2.20. The number of benzene rings is 1. The third kappa shape index (κ3) is 5.22. The zero-order valence-electron chi connectivity index (χ0n) is 10.1. The predicted molar refractivity (Wildman–Crippen MR) is 63.0 cm³/mol. The van der Waals surface area contributed by atoms with Crippen LogP contribution in [0.1, 0.15) is 24.5 Å². The van der Waals surface area contributed by atoms with Gasteiger partial charge in [0, 0.05) is 6.04 Å².